The highest BCUT2D eigenvalue weighted by Crippen LogP contribution is 2.21. The van der Waals surface area contributed by atoms with Crippen molar-refractivity contribution in [3.8, 4) is 0 Å². The summed E-state index contributed by atoms with van der Waals surface area (Å²) in [5.41, 5.74) is 8.71. The van der Waals surface area contributed by atoms with E-state index >= 15 is 0 Å². The van der Waals surface area contributed by atoms with Crippen LogP contribution in [-0.4, -0.2) is 24.1 Å². The second-order valence-electron chi connectivity index (χ2n) is 6.13. The number of nitrogen functional groups attached to an aromatic ring is 1. The molecule has 3 rings (SSSR count). The normalized spacial score (nSPS) is 10.3. The Kier molecular flexibility index (Phi) is 6.31. The number of para-hydroxylation sites is 2. The molecular weight excluding hydrogens is 392 g/mol. The molecule has 0 radical (unpaired) electrons. The molecule has 0 unspecified atom stereocenters. The Morgan fingerprint density at radius 2 is 1.83 bits per heavy atom. The maximum Gasteiger partial charge on any atom is 0.414 e. The molecule has 148 valence electrons. The molecule has 8 heteroatoms. The van der Waals surface area contributed by atoms with E-state index in [4.69, 9.17) is 22.1 Å². The van der Waals surface area contributed by atoms with Crippen LogP contribution in [0.15, 0.2) is 66.9 Å². The number of aromatic nitrogens is 1. The van der Waals surface area contributed by atoms with Gasteiger partial charge in [0.05, 0.1) is 36.9 Å². The Hall–Kier alpha value is -3.58. The van der Waals surface area contributed by atoms with E-state index in [0.717, 1.165) is 5.56 Å². The number of carbonyl (C=O) groups is 2. The molecule has 0 saturated heterocycles. The van der Waals surface area contributed by atoms with Crippen LogP contribution in [0.4, 0.5) is 21.9 Å². The van der Waals surface area contributed by atoms with Crippen LogP contribution in [0.3, 0.4) is 0 Å². The van der Waals surface area contributed by atoms with Crippen molar-refractivity contribution in [2.75, 3.05) is 23.1 Å². The maximum atomic E-state index is 12.4. The third-order valence-corrected chi connectivity index (χ3v) is 4.41. The first-order chi connectivity index (χ1) is 14.0. The molecule has 0 spiro atoms. The summed E-state index contributed by atoms with van der Waals surface area (Å²) in [4.78, 5) is 30.0. The highest BCUT2D eigenvalue weighted by molar-refractivity contribution is 6.29. The third-order valence-electron chi connectivity index (χ3n) is 4.18. The van der Waals surface area contributed by atoms with Crippen molar-refractivity contribution in [3.05, 3.63) is 83.1 Å². The van der Waals surface area contributed by atoms with Crippen molar-refractivity contribution in [1.29, 1.82) is 0 Å². The number of amides is 2. The fourth-order valence-electron chi connectivity index (χ4n) is 2.65. The van der Waals surface area contributed by atoms with E-state index in [1.165, 1.54) is 18.2 Å². The zero-order valence-electron chi connectivity index (χ0n) is 15.6. The minimum absolute atomic E-state index is 0.240. The molecule has 0 aliphatic heterocycles. The quantitative estimate of drug-likeness (QED) is 0.481. The summed E-state index contributed by atoms with van der Waals surface area (Å²) in [7, 11) is 1.31. The van der Waals surface area contributed by atoms with Gasteiger partial charge in [-0.05, 0) is 42.0 Å². The Labute approximate surface area is 173 Å². The van der Waals surface area contributed by atoms with E-state index in [1.807, 2.05) is 0 Å². The molecule has 3 N–H and O–H groups in total. The van der Waals surface area contributed by atoms with Crippen LogP contribution >= 0.6 is 11.6 Å². The standard InChI is InChI=1S/C21H19ClN4O3/c1-29-21(28)26(16-10-11-19(22)24-12-16)13-14-6-8-15(9-7-14)20(27)25-18-5-3-2-4-17(18)23/h2-12H,13,23H2,1H3,(H,25,27). The van der Waals surface area contributed by atoms with Crippen LogP contribution in [-0.2, 0) is 11.3 Å². The van der Waals surface area contributed by atoms with Gasteiger partial charge in [-0.25, -0.2) is 9.78 Å². The number of nitrogens with two attached hydrogens (primary N) is 1. The number of benzene rings is 2. The minimum atomic E-state index is -0.532. The lowest BCUT2D eigenvalue weighted by Gasteiger charge is -2.21. The van der Waals surface area contributed by atoms with Crippen molar-refractivity contribution < 1.29 is 14.3 Å². The molecule has 1 heterocycles. The second kappa shape index (κ2) is 9.07. The average molecular weight is 411 g/mol. The van der Waals surface area contributed by atoms with Crippen LogP contribution in [0, 0.1) is 0 Å². The van der Waals surface area contributed by atoms with Gasteiger partial charge in [0.1, 0.15) is 5.15 Å². The number of carbonyl (C=O) groups excluding carboxylic acids is 2. The summed E-state index contributed by atoms with van der Waals surface area (Å²) < 4.78 is 4.86. The predicted molar refractivity (Wildman–Crippen MR) is 113 cm³/mol. The van der Waals surface area contributed by atoms with E-state index in [0.29, 0.717) is 27.8 Å². The molecule has 1 aromatic heterocycles. The van der Waals surface area contributed by atoms with E-state index in [1.54, 1.807) is 60.7 Å². The number of pyridine rings is 1. The van der Waals surface area contributed by atoms with Crippen molar-refractivity contribution in [1.82, 2.24) is 4.98 Å². The number of nitrogens with zero attached hydrogens (tertiary/aromatic N) is 2. The highest BCUT2D eigenvalue weighted by Gasteiger charge is 2.17. The summed E-state index contributed by atoms with van der Waals surface area (Å²) in [6.07, 6.45) is 0.959. The summed E-state index contributed by atoms with van der Waals surface area (Å²) in [6.45, 7) is 0.240. The lowest BCUT2D eigenvalue weighted by atomic mass is 10.1. The number of nitrogens with one attached hydrogen (secondary N) is 1. The second-order valence-corrected chi connectivity index (χ2v) is 6.52. The van der Waals surface area contributed by atoms with Crippen molar-refractivity contribution in [3.63, 3.8) is 0 Å². The molecule has 0 saturated carbocycles. The number of hydrogen-bond acceptors (Lipinski definition) is 5. The largest absolute Gasteiger partial charge is 0.452 e. The molecule has 29 heavy (non-hydrogen) atoms. The molecule has 7 nitrogen and oxygen atoms in total. The number of hydrogen-bond donors (Lipinski definition) is 2. The van der Waals surface area contributed by atoms with E-state index in [9.17, 15) is 9.59 Å². The Bertz CT molecular complexity index is 1010. The third kappa shape index (κ3) is 5.03. The Balaban J connectivity index is 1.74. The van der Waals surface area contributed by atoms with Crippen LogP contribution < -0.4 is 16.0 Å². The van der Waals surface area contributed by atoms with Gasteiger partial charge in [0.2, 0.25) is 0 Å². The minimum Gasteiger partial charge on any atom is -0.452 e. The van der Waals surface area contributed by atoms with Gasteiger partial charge < -0.3 is 15.8 Å². The van der Waals surface area contributed by atoms with E-state index in [-0.39, 0.29) is 12.5 Å². The number of ether oxygens (including phenoxy) is 1. The lowest BCUT2D eigenvalue weighted by molar-refractivity contribution is 0.102. The monoisotopic (exact) mass is 410 g/mol. The molecule has 2 aromatic carbocycles. The van der Waals surface area contributed by atoms with Crippen LogP contribution in [0.2, 0.25) is 5.15 Å². The molecule has 0 fully saturated rings. The first kappa shape index (κ1) is 20.2. The Morgan fingerprint density at radius 1 is 1.10 bits per heavy atom. The smallest absolute Gasteiger partial charge is 0.414 e. The number of rotatable bonds is 5. The van der Waals surface area contributed by atoms with Crippen molar-refractivity contribution >= 4 is 40.7 Å². The summed E-state index contributed by atoms with van der Waals surface area (Å²) in [6, 6.07) is 17.2. The summed E-state index contributed by atoms with van der Waals surface area (Å²) in [5.74, 6) is -0.277. The number of halogens is 1. The maximum absolute atomic E-state index is 12.4. The van der Waals surface area contributed by atoms with Gasteiger partial charge in [0, 0.05) is 5.56 Å². The first-order valence-corrected chi connectivity index (χ1v) is 9.07. The van der Waals surface area contributed by atoms with Crippen LogP contribution in [0.25, 0.3) is 0 Å². The van der Waals surface area contributed by atoms with Crippen molar-refractivity contribution in [2.24, 2.45) is 0 Å². The van der Waals surface area contributed by atoms with Crippen molar-refractivity contribution in [2.45, 2.75) is 6.54 Å². The van der Waals surface area contributed by atoms with Gasteiger partial charge in [-0.15, -0.1) is 0 Å². The SMILES string of the molecule is COC(=O)N(Cc1ccc(C(=O)Nc2ccccc2N)cc1)c1ccc(Cl)nc1. The highest BCUT2D eigenvalue weighted by atomic mass is 35.5. The summed E-state index contributed by atoms with van der Waals surface area (Å²) >= 11 is 5.81. The molecule has 2 amide bonds. The molecule has 0 aliphatic rings. The van der Waals surface area contributed by atoms with E-state index in [2.05, 4.69) is 10.3 Å². The van der Waals surface area contributed by atoms with Gasteiger partial charge in [-0.2, -0.15) is 0 Å². The van der Waals surface area contributed by atoms with Gasteiger partial charge in [0.25, 0.3) is 5.91 Å². The van der Waals surface area contributed by atoms with E-state index < -0.39 is 6.09 Å². The molecule has 0 atom stereocenters. The molecule has 0 aliphatic carbocycles. The summed E-state index contributed by atoms with van der Waals surface area (Å²) in [5, 5.41) is 3.10. The number of methoxy groups -OCH3 is 1. The molecule has 0 bridgehead atoms. The zero-order valence-corrected chi connectivity index (χ0v) is 16.4. The zero-order chi connectivity index (χ0) is 20.8. The Morgan fingerprint density at radius 3 is 2.45 bits per heavy atom. The van der Waals surface area contributed by atoms with Gasteiger partial charge in [-0.3, -0.25) is 9.69 Å². The fourth-order valence-corrected chi connectivity index (χ4v) is 2.76. The van der Waals surface area contributed by atoms with Crippen LogP contribution in [0.1, 0.15) is 15.9 Å². The average Bonchev–Trinajstić information content (AvgIpc) is 2.74. The van der Waals surface area contributed by atoms with Gasteiger partial charge in [-0.1, -0.05) is 35.9 Å². The molecular formula is C21H19ClN4O3. The number of anilines is 3. The first-order valence-electron chi connectivity index (χ1n) is 8.70. The predicted octanol–water partition coefficient (Wildman–Crippen LogP) is 4.34. The topological polar surface area (TPSA) is 97.5 Å². The van der Waals surface area contributed by atoms with Crippen LogP contribution in [0.5, 0.6) is 0 Å². The van der Waals surface area contributed by atoms with Gasteiger partial charge >= 0.3 is 6.09 Å². The van der Waals surface area contributed by atoms with Gasteiger partial charge in [0.15, 0.2) is 0 Å². The molecule has 3 aromatic rings. The lowest BCUT2D eigenvalue weighted by Crippen LogP contribution is -2.30. The fraction of sp³-hybridized carbons (Fsp3) is 0.0952.